The first-order valence-corrected chi connectivity index (χ1v) is 5.18. The Hall–Kier alpha value is -2.43. The van der Waals surface area contributed by atoms with Crippen LogP contribution in [-0.2, 0) is 6.54 Å². The summed E-state index contributed by atoms with van der Waals surface area (Å²) >= 11 is 0. The molecule has 5 nitrogen and oxygen atoms in total. The number of hydrogen-bond donors (Lipinski definition) is 2. The number of aromatic hydroxyl groups is 1. The molecule has 2 heterocycles. The third-order valence-electron chi connectivity index (χ3n) is 2.65. The minimum Gasteiger partial charge on any atom is -0.508 e. The van der Waals surface area contributed by atoms with Crippen molar-refractivity contribution in [3.05, 3.63) is 52.8 Å². The molecule has 0 radical (unpaired) electrons. The van der Waals surface area contributed by atoms with Gasteiger partial charge in [0.05, 0.1) is 23.8 Å². The fraction of sp³-hybridized carbons (Fsp3) is 0.0833. The highest BCUT2D eigenvalue weighted by molar-refractivity contribution is 5.76. The lowest BCUT2D eigenvalue weighted by Gasteiger charge is -2.00. The van der Waals surface area contributed by atoms with Gasteiger partial charge in [-0.1, -0.05) is 0 Å². The maximum absolute atomic E-state index is 11.8. The Kier molecular flexibility index (Phi) is 2.04. The predicted molar refractivity (Wildman–Crippen MR) is 62.0 cm³/mol. The molecule has 0 saturated heterocycles. The van der Waals surface area contributed by atoms with Crippen LogP contribution < -0.4 is 5.69 Å². The third kappa shape index (κ3) is 1.61. The molecule has 1 aromatic carbocycles. The number of hydrogen-bond acceptors (Lipinski definition) is 3. The van der Waals surface area contributed by atoms with Crippen molar-refractivity contribution in [2.75, 3.05) is 0 Å². The first-order valence-electron chi connectivity index (χ1n) is 5.18. The van der Waals surface area contributed by atoms with Crippen molar-refractivity contribution < 1.29 is 9.52 Å². The Bertz CT molecular complexity index is 707. The molecule has 0 spiro atoms. The molecular formula is C12H10N2O3. The summed E-state index contributed by atoms with van der Waals surface area (Å²) in [7, 11) is 0. The summed E-state index contributed by atoms with van der Waals surface area (Å²) in [6.45, 7) is 0.372. The van der Waals surface area contributed by atoms with E-state index in [4.69, 9.17) is 4.42 Å². The molecule has 0 bridgehead atoms. The molecule has 3 aromatic rings. The average Bonchev–Trinajstić information content (AvgIpc) is 2.88. The van der Waals surface area contributed by atoms with Gasteiger partial charge in [-0.2, -0.15) is 0 Å². The summed E-state index contributed by atoms with van der Waals surface area (Å²) in [5, 5.41) is 9.34. The minimum absolute atomic E-state index is 0.129. The summed E-state index contributed by atoms with van der Waals surface area (Å²) in [6.07, 6.45) is 1.57. The lowest BCUT2D eigenvalue weighted by atomic mass is 10.3. The number of phenols is 1. The summed E-state index contributed by atoms with van der Waals surface area (Å²) in [6, 6.07) is 8.36. The first kappa shape index (κ1) is 9.77. The standard InChI is InChI=1S/C12H10N2O3/c15-8-3-4-11-10(6-8)13-12(16)14(11)7-9-2-1-5-17-9/h1-6,15H,7H2,(H,13,16). The molecule has 3 rings (SSSR count). The van der Waals surface area contributed by atoms with Gasteiger partial charge in [-0.3, -0.25) is 4.57 Å². The van der Waals surface area contributed by atoms with Crippen molar-refractivity contribution in [2.24, 2.45) is 0 Å². The SMILES string of the molecule is O=c1[nH]c2cc(O)ccc2n1Cc1ccco1. The van der Waals surface area contributed by atoms with Gasteiger partial charge in [0.1, 0.15) is 11.5 Å². The van der Waals surface area contributed by atoms with E-state index >= 15 is 0 Å². The Labute approximate surface area is 95.9 Å². The number of benzene rings is 1. The van der Waals surface area contributed by atoms with Gasteiger partial charge in [0.2, 0.25) is 0 Å². The highest BCUT2D eigenvalue weighted by Gasteiger charge is 2.08. The molecule has 0 unspecified atom stereocenters. The molecule has 0 saturated carbocycles. The van der Waals surface area contributed by atoms with Crippen LogP contribution in [0.4, 0.5) is 0 Å². The van der Waals surface area contributed by atoms with Crippen LogP contribution in [0.5, 0.6) is 5.75 Å². The number of aromatic amines is 1. The fourth-order valence-electron chi connectivity index (χ4n) is 1.87. The van der Waals surface area contributed by atoms with E-state index in [2.05, 4.69) is 4.98 Å². The number of H-pyrrole nitrogens is 1. The molecule has 0 aliphatic heterocycles. The molecule has 0 fully saturated rings. The van der Waals surface area contributed by atoms with Gasteiger partial charge in [-0.25, -0.2) is 4.79 Å². The second kappa shape index (κ2) is 3.55. The molecule has 0 amide bonds. The fourth-order valence-corrected chi connectivity index (χ4v) is 1.87. The van der Waals surface area contributed by atoms with Gasteiger partial charge >= 0.3 is 5.69 Å². The molecule has 0 aliphatic rings. The Morgan fingerprint density at radius 1 is 1.35 bits per heavy atom. The molecule has 17 heavy (non-hydrogen) atoms. The van der Waals surface area contributed by atoms with Gasteiger partial charge in [0, 0.05) is 6.07 Å². The lowest BCUT2D eigenvalue weighted by Crippen LogP contribution is -2.16. The largest absolute Gasteiger partial charge is 0.508 e. The van der Waals surface area contributed by atoms with Gasteiger partial charge in [-0.15, -0.1) is 0 Å². The van der Waals surface area contributed by atoms with Crippen molar-refractivity contribution in [1.82, 2.24) is 9.55 Å². The van der Waals surface area contributed by atoms with E-state index in [0.717, 1.165) is 5.52 Å². The summed E-state index contributed by atoms with van der Waals surface area (Å²) in [5.74, 6) is 0.838. The number of nitrogens with one attached hydrogen (secondary N) is 1. The quantitative estimate of drug-likeness (QED) is 0.703. The molecular weight excluding hydrogens is 220 g/mol. The van der Waals surface area contributed by atoms with Crippen molar-refractivity contribution in [2.45, 2.75) is 6.54 Å². The van der Waals surface area contributed by atoms with E-state index in [-0.39, 0.29) is 11.4 Å². The van der Waals surface area contributed by atoms with Gasteiger partial charge in [0.25, 0.3) is 0 Å². The number of nitrogens with zero attached hydrogens (tertiary/aromatic N) is 1. The number of rotatable bonds is 2. The maximum atomic E-state index is 11.8. The molecule has 2 aromatic heterocycles. The lowest BCUT2D eigenvalue weighted by molar-refractivity contribution is 0.476. The van der Waals surface area contributed by atoms with E-state index in [1.807, 2.05) is 6.07 Å². The highest BCUT2D eigenvalue weighted by atomic mass is 16.3. The van der Waals surface area contributed by atoms with Crippen molar-refractivity contribution in [1.29, 1.82) is 0 Å². The smallest absolute Gasteiger partial charge is 0.326 e. The normalized spacial score (nSPS) is 11.1. The van der Waals surface area contributed by atoms with Crippen LogP contribution in [-0.4, -0.2) is 14.7 Å². The monoisotopic (exact) mass is 230 g/mol. The third-order valence-corrected chi connectivity index (χ3v) is 2.65. The molecule has 0 atom stereocenters. The maximum Gasteiger partial charge on any atom is 0.326 e. The summed E-state index contributed by atoms with van der Waals surface area (Å²) in [4.78, 5) is 14.4. The van der Waals surface area contributed by atoms with Crippen LogP contribution in [0.1, 0.15) is 5.76 Å². The zero-order chi connectivity index (χ0) is 11.8. The Morgan fingerprint density at radius 3 is 3.00 bits per heavy atom. The number of imidazole rings is 1. The Morgan fingerprint density at radius 2 is 2.24 bits per heavy atom. The van der Waals surface area contributed by atoms with Crippen molar-refractivity contribution in [3.8, 4) is 5.75 Å². The van der Waals surface area contributed by atoms with Crippen LogP contribution in [0.2, 0.25) is 0 Å². The van der Waals surface area contributed by atoms with Crippen molar-refractivity contribution >= 4 is 11.0 Å². The molecule has 86 valence electrons. The number of fused-ring (bicyclic) bond motifs is 1. The van der Waals surface area contributed by atoms with Crippen LogP contribution in [0.3, 0.4) is 0 Å². The van der Waals surface area contributed by atoms with E-state index in [1.54, 1.807) is 29.0 Å². The molecule has 5 heteroatoms. The van der Waals surface area contributed by atoms with Crippen LogP contribution in [0.25, 0.3) is 11.0 Å². The van der Waals surface area contributed by atoms with E-state index in [0.29, 0.717) is 17.8 Å². The van der Waals surface area contributed by atoms with Crippen LogP contribution >= 0.6 is 0 Å². The van der Waals surface area contributed by atoms with E-state index in [1.165, 1.54) is 6.07 Å². The Balaban J connectivity index is 2.16. The van der Waals surface area contributed by atoms with Crippen molar-refractivity contribution in [3.63, 3.8) is 0 Å². The van der Waals surface area contributed by atoms with Crippen LogP contribution in [0.15, 0.2) is 45.8 Å². The van der Waals surface area contributed by atoms with E-state index in [9.17, 15) is 9.90 Å². The van der Waals surface area contributed by atoms with Crippen LogP contribution in [0, 0.1) is 0 Å². The molecule has 2 N–H and O–H groups in total. The summed E-state index contributed by atoms with van der Waals surface area (Å²) in [5.41, 5.74) is 1.13. The number of furan rings is 1. The van der Waals surface area contributed by atoms with Gasteiger partial charge in [0.15, 0.2) is 0 Å². The molecule has 0 aliphatic carbocycles. The number of aromatic nitrogens is 2. The van der Waals surface area contributed by atoms with E-state index < -0.39 is 0 Å². The van der Waals surface area contributed by atoms with Gasteiger partial charge in [-0.05, 0) is 24.3 Å². The highest BCUT2D eigenvalue weighted by Crippen LogP contribution is 2.17. The average molecular weight is 230 g/mol. The topological polar surface area (TPSA) is 71.2 Å². The first-order chi connectivity index (χ1) is 8.24. The zero-order valence-electron chi connectivity index (χ0n) is 8.88. The predicted octanol–water partition coefficient (Wildman–Crippen LogP) is 1.68. The van der Waals surface area contributed by atoms with Gasteiger partial charge < -0.3 is 14.5 Å². The second-order valence-electron chi connectivity index (χ2n) is 3.80. The second-order valence-corrected chi connectivity index (χ2v) is 3.80. The summed E-state index contributed by atoms with van der Waals surface area (Å²) < 4.78 is 6.77. The minimum atomic E-state index is -0.220. The zero-order valence-corrected chi connectivity index (χ0v) is 8.88. The number of phenolic OH excluding ortho intramolecular Hbond substituents is 1.